The van der Waals surface area contributed by atoms with Gasteiger partial charge >= 0.3 is 5.97 Å². The van der Waals surface area contributed by atoms with Gasteiger partial charge < -0.3 is 4.74 Å². The normalized spacial score (nSPS) is 12.6. The number of allylic oxidation sites excluding steroid dienone is 4. The van der Waals surface area contributed by atoms with Gasteiger partial charge in [-0.2, -0.15) is 0 Å². The van der Waals surface area contributed by atoms with Gasteiger partial charge in [-0.15, -0.1) is 0 Å². The topological polar surface area (TPSA) is 26.3 Å². The predicted octanol–water partition coefficient (Wildman–Crippen LogP) is 2.63. The van der Waals surface area contributed by atoms with E-state index in [0.717, 1.165) is 11.1 Å². The first-order valence-corrected chi connectivity index (χ1v) is 4.08. The fourth-order valence-electron chi connectivity index (χ4n) is 0.621. The molecule has 2 nitrogen and oxygen atoms in total. The fourth-order valence-corrected chi connectivity index (χ4v) is 0.621. The van der Waals surface area contributed by atoms with E-state index in [-0.39, 0.29) is 5.97 Å². The Morgan fingerprint density at radius 2 is 1.62 bits per heavy atom. The highest BCUT2D eigenvalue weighted by molar-refractivity contribution is 5.87. The third-order valence-electron chi connectivity index (χ3n) is 1.76. The van der Waals surface area contributed by atoms with Crippen LogP contribution in [0, 0.1) is 0 Å². The molecule has 0 bridgehead atoms. The lowest BCUT2D eigenvalue weighted by atomic mass is 10.1. The van der Waals surface area contributed by atoms with Gasteiger partial charge in [-0.1, -0.05) is 24.3 Å². The van der Waals surface area contributed by atoms with Gasteiger partial charge in [-0.3, -0.25) is 0 Å². The summed E-state index contributed by atoms with van der Waals surface area (Å²) in [6.07, 6.45) is 3.59. The van der Waals surface area contributed by atoms with Crippen molar-refractivity contribution in [1.29, 1.82) is 0 Å². The summed E-state index contributed by atoms with van der Waals surface area (Å²) in [5.41, 5.74) is 2.64. The van der Waals surface area contributed by atoms with Gasteiger partial charge in [0.15, 0.2) is 0 Å². The number of esters is 1. The van der Waals surface area contributed by atoms with Crippen LogP contribution >= 0.6 is 0 Å². The molecule has 13 heavy (non-hydrogen) atoms. The first-order chi connectivity index (χ1) is 5.99. The van der Waals surface area contributed by atoms with E-state index >= 15 is 0 Å². The third kappa shape index (κ3) is 4.31. The minimum atomic E-state index is -0.300. The van der Waals surface area contributed by atoms with Gasteiger partial charge in [-0.05, 0) is 26.3 Å². The van der Waals surface area contributed by atoms with Crippen LogP contribution in [0.3, 0.4) is 0 Å². The molecule has 0 rings (SSSR count). The number of methoxy groups -OCH3 is 1. The molecule has 0 atom stereocenters. The molecular formula is C11H16O2. The Morgan fingerprint density at radius 3 is 2.00 bits per heavy atom. The lowest BCUT2D eigenvalue weighted by molar-refractivity contribution is -0.136. The molecule has 0 aliphatic heterocycles. The molecule has 0 aliphatic rings. The molecule has 0 N–H and O–H groups in total. The fraction of sp³-hybridized carbons (Fsp3) is 0.364. The van der Waals surface area contributed by atoms with Crippen LogP contribution in [0.1, 0.15) is 20.8 Å². The molecule has 0 unspecified atom stereocenters. The van der Waals surface area contributed by atoms with Crippen molar-refractivity contribution in [2.45, 2.75) is 20.8 Å². The van der Waals surface area contributed by atoms with Crippen molar-refractivity contribution in [2.75, 3.05) is 7.11 Å². The zero-order chi connectivity index (χ0) is 10.4. The van der Waals surface area contributed by atoms with Gasteiger partial charge in [0.1, 0.15) is 0 Å². The van der Waals surface area contributed by atoms with Crippen LogP contribution < -0.4 is 0 Å². The van der Waals surface area contributed by atoms with Crippen LogP contribution in [0.4, 0.5) is 0 Å². The largest absolute Gasteiger partial charge is 0.466 e. The quantitative estimate of drug-likeness (QED) is 0.379. The van der Waals surface area contributed by atoms with Gasteiger partial charge in [0.05, 0.1) is 7.11 Å². The summed E-state index contributed by atoms with van der Waals surface area (Å²) in [4.78, 5) is 11.0. The van der Waals surface area contributed by atoms with Crippen molar-refractivity contribution in [3.05, 3.63) is 35.5 Å². The van der Waals surface area contributed by atoms with Gasteiger partial charge in [0.25, 0.3) is 0 Å². The summed E-state index contributed by atoms with van der Waals surface area (Å²) in [5, 5.41) is 0. The highest BCUT2D eigenvalue weighted by atomic mass is 16.5. The second-order valence-electron chi connectivity index (χ2n) is 2.97. The molecule has 0 fully saturated rings. The summed E-state index contributed by atoms with van der Waals surface area (Å²) in [6.45, 7) is 9.37. The number of rotatable bonds is 3. The predicted molar refractivity (Wildman–Crippen MR) is 54.3 cm³/mol. The maximum atomic E-state index is 11.0. The zero-order valence-electron chi connectivity index (χ0n) is 8.68. The highest BCUT2D eigenvalue weighted by Crippen LogP contribution is 2.06. The summed E-state index contributed by atoms with van der Waals surface area (Å²) < 4.78 is 4.55. The van der Waals surface area contributed by atoms with Crippen molar-refractivity contribution >= 4 is 5.97 Å². The van der Waals surface area contributed by atoms with E-state index in [2.05, 4.69) is 11.3 Å². The Balaban J connectivity index is 4.51. The van der Waals surface area contributed by atoms with Crippen molar-refractivity contribution in [3.8, 4) is 0 Å². The van der Waals surface area contributed by atoms with E-state index in [4.69, 9.17) is 0 Å². The summed E-state index contributed by atoms with van der Waals surface area (Å²) in [7, 11) is 1.37. The molecule has 0 aromatic carbocycles. The lowest BCUT2D eigenvalue weighted by Gasteiger charge is -1.98. The molecule has 0 heterocycles. The van der Waals surface area contributed by atoms with Gasteiger partial charge in [0.2, 0.25) is 0 Å². The number of hydrogen-bond acceptors (Lipinski definition) is 2. The summed E-state index contributed by atoms with van der Waals surface area (Å²) in [6, 6.07) is 0. The van der Waals surface area contributed by atoms with Crippen LogP contribution in [0.2, 0.25) is 0 Å². The number of ether oxygens (including phenoxy) is 1. The van der Waals surface area contributed by atoms with E-state index < -0.39 is 0 Å². The van der Waals surface area contributed by atoms with Crippen molar-refractivity contribution < 1.29 is 9.53 Å². The average molecular weight is 180 g/mol. The SMILES string of the molecule is C=C(C)/C(C)=C/C=C(\C)C(=O)OC. The van der Waals surface area contributed by atoms with Gasteiger partial charge in [0, 0.05) is 5.57 Å². The Hall–Kier alpha value is -1.31. The van der Waals surface area contributed by atoms with Crippen molar-refractivity contribution in [2.24, 2.45) is 0 Å². The second-order valence-corrected chi connectivity index (χ2v) is 2.97. The minimum absolute atomic E-state index is 0.300. The molecule has 0 radical (unpaired) electrons. The Morgan fingerprint density at radius 1 is 1.15 bits per heavy atom. The standard InChI is InChI=1S/C11H16O2/c1-8(2)9(3)6-7-10(4)11(12)13-5/h6-7H,1H2,2-5H3/b9-6+,10-7+. The molecule has 0 aromatic rings. The van der Waals surface area contributed by atoms with Crippen LogP contribution in [0.25, 0.3) is 0 Å². The molecule has 0 aliphatic carbocycles. The van der Waals surface area contributed by atoms with E-state index in [1.807, 2.05) is 19.9 Å². The number of hydrogen-bond donors (Lipinski definition) is 0. The minimum Gasteiger partial charge on any atom is -0.466 e. The summed E-state index contributed by atoms with van der Waals surface area (Å²) >= 11 is 0. The number of carbonyl (C=O) groups excluding carboxylic acids is 1. The molecule has 0 aromatic heterocycles. The van der Waals surface area contributed by atoms with Crippen molar-refractivity contribution in [1.82, 2.24) is 0 Å². The monoisotopic (exact) mass is 180 g/mol. The van der Waals surface area contributed by atoms with E-state index in [9.17, 15) is 4.79 Å². The lowest BCUT2D eigenvalue weighted by Crippen LogP contribution is -2.00. The molecular weight excluding hydrogens is 164 g/mol. The smallest absolute Gasteiger partial charge is 0.333 e. The van der Waals surface area contributed by atoms with E-state index in [1.54, 1.807) is 13.0 Å². The molecule has 72 valence electrons. The maximum Gasteiger partial charge on any atom is 0.333 e. The summed E-state index contributed by atoms with van der Waals surface area (Å²) in [5.74, 6) is -0.300. The molecule has 0 saturated carbocycles. The Bertz CT molecular complexity index is 270. The molecule has 2 heteroatoms. The van der Waals surface area contributed by atoms with E-state index in [1.165, 1.54) is 7.11 Å². The Labute approximate surface area is 79.6 Å². The van der Waals surface area contributed by atoms with Gasteiger partial charge in [-0.25, -0.2) is 4.79 Å². The number of carbonyl (C=O) groups is 1. The molecule has 0 saturated heterocycles. The van der Waals surface area contributed by atoms with Crippen LogP contribution in [0.5, 0.6) is 0 Å². The first kappa shape index (κ1) is 11.7. The van der Waals surface area contributed by atoms with E-state index in [0.29, 0.717) is 5.57 Å². The van der Waals surface area contributed by atoms with Crippen LogP contribution in [-0.4, -0.2) is 13.1 Å². The zero-order valence-corrected chi connectivity index (χ0v) is 8.68. The van der Waals surface area contributed by atoms with Crippen molar-refractivity contribution in [3.63, 3.8) is 0 Å². The molecule has 0 amide bonds. The first-order valence-electron chi connectivity index (χ1n) is 4.08. The highest BCUT2D eigenvalue weighted by Gasteiger charge is 2.00. The average Bonchev–Trinajstić information content (AvgIpc) is 2.11. The van der Waals surface area contributed by atoms with Crippen LogP contribution in [0.15, 0.2) is 35.5 Å². The third-order valence-corrected chi connectivity index (χ3v) is 1.76. The van der Waals surface area contributed by atoms with Crippen LogP contribution in [-0.2, 0) is 9.53 Å². The maximum absolute atomic E-state index is 11.0. The second kappa shape index (κ2) is 5.36. The molecule has 0 spiro atoms. The Kier molecular flexibility index (Phi) is 4.82.